The summed E-state index contributed by atoms with van der Waals surface area (Å²) in [6.07, 6.45) is -0.200. The van der Waals surface area contributed by atoms with Gasteiger partial charge in [0.1, 0.15) is 5.75 Å². The average molecular weight is 280 g/mol. The molecule has 0 aromatic heterocycles. The molecule has 1 aromatic rings. The Morgan fingerprint density at radius 2 is 2.25 bits per heavy atom. The van der Waals surface area contributed by atoms with E-state index in [0.717, 1.165) is 12.2 Å². The zero-order chi connectivity index (χ0) is 14.8. The van der Waals surface area contributed by atoms with Crippen molar-refractivity contribution >= 4 is 11.4 Å². The highest BCUT2D eigenvalue weighted by Crippen LogP contribution is 2.35. The van der Waals surface area contributed by atoms with Gasteiger partial charge in [0.25, 0.3) is 0 Å². The van der Waals surface area contributed by atoms with Crippen LogP contribution in [0.2, 0.25) is 0 Å². The zero-order valence-corrected chi connectivity index (χ0v) is 12.4. The summed E-state index contributed by atoms with van der Waals surface area (Å²) in [5.74, 6) is 0.704. The van der Waals surface area contributed by atoms with E-state index >= 15 is 0 Å². The smallest absolute Gasteiger partial charge is 0.144 e. The number of hydrogen-bond acceptors (Lipinski definition) is 5. The largest absolute Gasteiger partial charge is 0.492 e. The Labute approximate surface area is 120 Å². The van der Waals surface area contributed by atoms with E-state index in [4.69, 9.17) is 15.2 Å². The van der Waals surface area contributed by atoms with Crippen LogP contribution < -0.4 is 15.4 Å². The maximum Gasteiger partial charge on any atom is 0.144 e. The van der Waals surface area contributed by atoms with Crippen molar-refractivity contribution in [3.05, 3.63) is 18.2 Å². The molecule has 1 fully saturated rings. The third kappa shape index (κ3) is 3.16. The number of rotatable bonds is 4. The highest BCUT2D eigenvalue weighted by Gasteiger charge is 2.34. The first-order valence-corrected chi connectivity index (χ1v) is 7.01. The molecule has 5 nitrogen and oxygen atoms in total. The summed E-state index contributed by atoms with van der Waals surface area (Å²) < 4.78 is 11.4. The van der Waals surface area contributed by atoms with Gasteiger partial charge in [-0.25, -0.2) is 0 Å². The molecule has 0 amide bonds. The van der Waals surface area contributed by atoms with Crippen LogP contribution in [0.5, 0.6) is 5.75 Å². The Balaban J connectivity index is 2.28. The van der Waals surface area contributed by atoms with Gasteiger partial charge in [-0.3, -0.25) is 0 Å². The summed E-state index contributed by atoms with van der Waals surface area (Å²) in [5, 5.41) is 9.39. The van der Waals surface area contributed by atoms with Crippen LogP contribution in [0.25, 0.3) is 0 Å². The molecule has 1 unspecified atom stereocenters. The first-order valence-electron chi connectivity index (χ1n) is 7.01. The van der Waals surface area contributed by atoms with E-state index in [9.17, 15) is 5.11 Å². The summed E-state index contributed by atoms with van der Waals surface area (Å²) in [6, 6.07) is 5.79. The number of anilines is 2. The van der Waals surface area contributed by atoms with Gasteiger partial charge in [-0.2, -0.15) is 0 Å². The van der Waals surface area contributed by atoms with Crippen molar-refractivity contribution in [1.82, 2.24) is 0 Å². The van der Waals surface area contributed by atoms with Crippen LogP contribution in [0.1, 0.15) is 20.8 Å². The van der Waals surface area contributed by atoms with Gasteiger partial charge in [-0.05, 0) is 32.9 Å². The Morgan fingerprint density at radius 3 is 2.90 bits per heavy atom. The predicted molar refractivity (Wildman–Crippen MR) is 80.3 cm³/mol. The molecule has 0 aliphatic carbocycles. The van der Waals surface area contributed by atoms with E-state index in [1.54, 1.807) is 0 Å². The normalized spacial score (nSPS) is 21.8. The van der Waals surface area contributed by atoms with Crippen molar-refractivity contribution in [3.63, 3.8) is 0 Å². The second kappa shape index (κ2) is 5.89. The minimum Gasteiger partial charge on any atom is -0.492 e. The fourth-order valence-electron chi connectivity index (χ4n) is 2.66. The first kappa shape index (κ1) is 14.9. The summed E-state index contributed by atoms with van der Waals surface area (Å²) in [6.45, 7) is 7.91. The maximum atomic E-state index is 9.39. The van der Waals surface area contributed by atoms with Crippen molar-refractivity contribution in [2.75, 3.05) is 36.9 Å². The van der Waals surface area contributed by atoms with E-state index < -0.39 is 0 Å². The fraction of sp³-hybridized carbons (Fsp3) is 0.600. The lowest BCUT2D eigenvalue weighted by atomic mass is 10.0. The second-order valence-corrected chi connectivity index (χ2v) is 5.68. The van der Waals surface area contributed by atoms with Gasteiger partial charge in [-0.1, -0.05) is 6.07 Å². The molecule has 1 atom stereocenters. The van der Waals surface area contributed by atoms with Crippen molar-refractivity contribution in [2.24, 2.45) is 0 Å². The van der Waals surface area contributed by atoms with Gasteiger partial charge in [0.15, 0.2) is 0 Å². The van der Waals surface area contributed by atoms with E-state index in [1.807, 2.05) is 39.0 Å². The van der Waals surface area contributed by atoms with Crippen LogP contribution in [0.4, 0.5) is 11.4 Å². The number of morpholine rings is 1. The molecule has 1 saturated heterocycles. The van der Waals surface area contributed by atoms with Gasteiger partial charge >= 0.3 is 0 Å². The monoisotopic (exact) mass is 280 g/mol. The molecule has 3 N–H and O–H groups in total. The van der Waals surface area contributed by atoms with Crippen LogP contribution in [0.15, 0.2) is 18.2 Å². The highest BCUT2D eigenvalue weighted by atomic mass is 16.5. The molecule has 1 aromatic carbocycles. The summed E-state index contributed by atoms with van der Waals surface area (Å²) in [5.41, 5.74) is 7.46. The molecular formula is C15H24N2O3. The molecule has 2 rings (SSSR count). The quantitative estimate of drug-likeness (QED) is 0.821. The SMILES string of the molecule is CCOc1cccc(N2CC(CO)OC(C)(C)C2)c1N. The Hall–Kier alpha value is -1.46. The molecular weight excluding hydrogens is 256 g/mol. The topological polar surface area (TPSA) is 68.0 Å². The third-order valence-electron chi connectivity index (χ3n) is 3.37. The molecule has 0 radical (unpaired) electrons. The molecule has 1 aliphatic heterocycles. The number of ether oxygens (including phenoxy) is 2. The van der Waals surface area contributed by atoms with Crippen LogP contribution >= 0.6 is 0 Å². The number of aliphatic hydroxyl groups excluding tert-OH is 1. The van der Waals surface area contributed by atoms with Gasteiger partial charge in [0, 0.05) is 13.1 Å². The number of nitrogens with zero attached hydrogens (tertiary/aromatic N) is 1. The van der Waals surface area contributed by atoms with Gasteiger partial charge in [0.2, 0.25) is 0 Å². The maximum absolute atomic E-state index is 9.39. The van der Waals surface area contributed by atoms with Gasteiger partial charge in [0.05, 0.1) is 36.3 Å². The Morgan fingerprint density at radius 1 is 1.50 bits per heavy atom. The number of aliphatic hydroxyl groups is 1. The van der Waals surface area contributed by atoms with Crippen molar-refractivity contribution in [1.29, 1.82) is 0 Å². The predicted octanol–water partition coefficient (Wildman–Crippen LogP) is 1.64. The number of benzene rings is 1. The van der Waals surface area contributed by atoms with Gasteiger partial charge in [-0.15, -0.1) is 0 Å². The fourth-order valence-corrected chi connectivity index (χ4v) is 2.66. The van der Waals surface area contributed by atoms with Crippen LogP contribution in [-0.2, 0) is 4.74 Å². The molecule has 0 saturated carbocycles. The van der Waals surface area contributed by atoms with Crippen molar-refractivity contribution in [3.8, 4) is 5.75 Å². The van der Waals surface area contributed by atoms with E-state index in [2.05, 4.69) is 4.90 Å². The van der Waals surface area contributed by atoms with Crippen LogP contribution in [0, 0.1) is 0 Å². The number of nitrogens with two attached hydrogens (primary N) is 1. The zero-order valence-electron chi connectivity index (χ0n) is 12.4. The van der Waals surface area contributed by atoms with Crippen LogP contribution in [0.3, 0.4) is 0 Å². The standard InChI is InChI=1S/C15H24N2O3/c1-4-19-13-7-5-6-12(14(13)16)17-8-11(9-18)20-15(2,3)10-17/h5-7,11,18H,4,8-10,16H2,1-3H3. The molecule has 0 bridgehead atoms. The highest BCUT2D eigenvalue weighted by molar-refractivity contribution is 5.74. The summed E-state index contributed by atoms with van der Waals surface area (Å²) in [7, 11) is 0. The molecule has 112 valence electrons. The van der Waals surface area contributed by atoms with Crippen molar-refractivity contribution in [2.45, 2.75) is 32.5 Å². The average Bonchev–Trinajstić information content (AvgIpc) is 2.39. The van der Waals surface area contributed by atoms with Gasteiger partial charge < -0.3 is 25.2 Å². The van der Waals surface area contributed by atoms with E-state index in [1.165, 1.54) is 0 Å². The number of hydrogen-bond donors (Lipinski definition) is 2. The van der Waals surface area contributed by atoms with E-state index in [-0.39, 0.29) is 18.3 Å². The lowest BCUT2D eigenvalue weighted by Crippen LogP contribution is -2.54. The molecule has 1 heterocycles. The van der Waals surface area contributed by atoms with E-state index in [0.29, 0.717) is 24.6 Å². The summed E-state index contributed by atoms with van der Waals surface area (Å²) in [4.78, 5) is 2.15. The molecule has 5 heteroatoms. The summed E-state index contributed by atoms with van der Waals surface area (Å²) >= 11 is 0. The lowest BCUT2D eigenvalue weighted by Gasteiger charge is -2.43. The first-order chi connectivity index (χ1) is 9.46. The molecule has 20 heavy (non-hydrogen) atoms. The van der Waals surface area contributed by atoms with Crippen molar-refractivity contribution < 1.29 is 14.6 Å². The Bertz CT molecular complexity index is 462. The minimum absolute atomic E-state index is 0.00495. The molecule has 1 aliphatic rings. The molecule has 0 spiro atoms. The lowest BCUT2D eigenvalue weighted by molar-refractivity contribution is -0.100. The second-order valence-electron chi connectivity index (χ2n) is 5.68. The minimum atomic E-state index is -0.320. The Kier molecular flexibility index (Phi) is 4.40. The number of para-hydroxylation sites is 1. The number of nitrogen functional groups attached to an aromatic ring is 1. The third-order valence-corrected chi connectivity index (χ3v) is 3.37. The van der Waals surface area contributed by atoms with Crippen LogP contribution in [-0.4, -0.2) is 43.1 Å².